The van der Waals surface area contributed by atoms with Crippen molar-refractivity contribution in [3.8, 4) is 0 Å². The first-order valence-electron chi connectivity index (χ1n) is 7.14. The van der Waals surface area contributed by atoms with Gasteiger partial charge in [-0.15, -0.1) is 0 Å². The molecule has 1 aliphatic rings. The van der Waals surface area contributed by atoms with Crippen LogP contribution in [0.5, 0.6) is 0 Å². The standard InChI is InChI=1S/C16H24N2O/c1-11(2)13-6-8-18(9-7-13)16(19)15-5-4-14(17)10-12(15)3/h4-5,10-11,13H,6-9,17H2,1-3H3. The highest BCUT2D eigenvalue weighted by atomic mass is 16.2. The quantitative estimate of drug-likeness (QED) is 0.831. The van der Waals surface area contributed by atoms with Crippen LogP contribution in [0.2, 0.25) is 0 Å². The smallest absolute Gasteiger partial charge is 0.254 e. The number of hydrogen-bond acceptors (Lipinski definition) is 2. The van der Waals surface area contributed by atoms with Crippen molar-refractivity contribution in [2.45, 2.75) is 33.6 Å². The second kappa shape index (κ2) is 5.64. The van der Waals surface area contributed by atoms with Gasteiger partial charge in [0.1, 0.15) is 0 Å². The normalized spacial score (nSPS) is 16.9. The second-order valence-electron chi connectivity index (χ2n) is 5.95. The van der Waals surface area contributed by atoms with Crippen LogP contribution in [0.3, 0.4) is 0 Å². The summed E-state index contributed by atoms with van der Waals surface area (Å²) in [6.45, 7) is 8.25. The third-order valence-electron chi connectivity index (χ3n) is 4.25. The number of carbonyl (C=O) groups excluding carboxylic acids is 1. The predicted molar refractivity (Wildman–Crippen MR) is 79.1 cm³/mol. The number of nitrogens with two attached hydrogens (primary N) is 1. The molecule has 3 heteroatoms. The molecule has 1 fully saturated rings. The van der Waals surface area contributed by atoms with Crippen LogP contribution in [-0.2, 0) is 0 Å². The van der Waals surface area contributed by atoms with Gasteiger partial charge >= 0.3 is 0 Å². The van der Waals surface area contributed by atoms with Gasteiger partial charge in [-0.25, -0.2) is 0 Å². The summed E-state index contributed by atoms with van der Waals surface area (Å²) in [6.07, 6.45) is 2.24. The molecule has 2 rings (SSSR count). The third kappa shape index (κ3) is 3.09. The molecular formula is C16H24N2O. The van der Waals surface area contributed by atoms with Crippen LogP contribution in [0.4, 0.5) is 5.69 Å². The average molecular weight is 260 g/mol. The molecule has 104 valence electrons. The van der Waals surface area contributed by atoms with Gasteiger partial charge in [-0.3, -0.25) is 4.79 Å². The first-order chi connectivity index (χ1) is 8.99. The largest absolute Gasteiger partial charge is 0.399 e. The Morgan fingerprint density at radius 3 is 2.47 bits per heavy atom. The molecule has 3 nitrogen and oxygen atoms in total. The van der Waals surface area contributed by atoms with Gasteiger partial charge in [-0.2, -0.15) is 0 Å². The minimum Gasteiger partial charge on any atom is -0.399 e. The number of piperidine rings is 1. The van der Waals surface area contributed by atoms with Gasteiger partial charge in [0.15, 0.2) is 0 Å². The van der Waals surface area contributed by atoms with Crippen molar-refractivity contribution in [3.05, 3.63) is 29.3 Å². The van der Waals surface area contributed by atoms with Gasteiger partial charge in [-0.1, -0.05) is 13.8 Å². The Morgan fingerprint density at radius 1 is 1.32 bits per heavy atom. The number of aryl methyl sites for hydroxylation is 1. The van der Waals surface area contributed by atoms with Crippen molar-refractivity contribution in [2.75, 3.05) is 18.8 Å². The predicted octanol–water partition coefficient (Wildman–Crippen LogP) is 3.09. The summed E-state index contributed by atoms with van der Waals surface area (Å²) in [5.74, 6) is 1.63. The SMILES string of the molecule is Cc1cc(N)ccc1C(=O)N1CCC(C(C)C)CC1. The number of nitrogen functional groups attached to an aromatic ring is 1. The van der Waals surface area contributed by atoms with E-state index in [1.807, 2.05) is 24.0 Å². The maximum absolute atomic E-state index is 12.5. The molecule has 1 aromatic carbocycles. The molecule has 1 saturated heterocycles. The molecule has 0 atom stereocenters. The zero-order valence-electron chi connectivity index (χ0n) is 12.1. The van der Waals surface area contributed by atoms with Crippen molar-refractivity contribution < 1.29 is 4.79 Å². The molecule has 0 radical (unpaired) electrons. The Morgan fingerprint density at radius 2 is 1.95 bits per heavy atom. The number of likely N-dealkylation sites (tertiary alicyclic amines) is 1. The van der Waals surface area contributed by atoms with Crippen LogP contribution in [0.15, 0.2) is 18.2 Å². The topological polar surface area (TPSA) is 46.3 Å². The van der Waals surface area contributed by atoms with Crippen LogP contribution < -0.4 is 5.73 Å². The molecule has 0 saturated carbocycles. The third-order valence-corrected chi connectivity index (χ3v) is 4.25. The van der Waals surface area contributed by atoms with E-state index in [1.165, 1.54) is 0 Å². The fraction of sp³-hybridized carbons (Fsp3) is 0.562. The lowest BCUT2D eigenvalue weighted by Crippen LogP contribution is -2.39. The van der Waals surface area contributed by atoms with Gasteiger partial charge in [0.05, 0.1) is 0 Å². The lowest BCUT2D eigenvalue weighted by atomic mass is 9.86. The molecule has 0 aliphatic carbocycles. The Kier molecular flexibility index (Phi) is 4.13. The van der Waals surface area contributed by atoms with Crippen molar-refractivity contribution in [3.63, 3.8) is 0 Å². The fourth-order valence-electron chi connectivity index (χ4n) is 2.87. The van der Waals surface area contributed by atoms with Gasteiger partial charge in [0.2, 0.25) is 0 Å². The van der Waals surface area contributed by atoms with E-state index >= 15 is 0 Å². The van der Waals surface area contributed by atoms with E-state index in [4.69, 9.17) is 5.73 Å². The summed E-state index contributed by atoms with van der Waals surface area (Å²) in [4.78, 5) is 14.5. The summed E-state index contributed by atoms with van der Waals surface area (Å²) in [7, 11) is 0. The van der Waals surface area contributed by atoms with Crippen LogP contribution in [0.1, 0.15) is 42.6 Å². The van der Waals surface area contributed by atoms with Crippen LogP contribution in [0, 0.1) is 18.8 Å². The molecule has 0 aromatic heterocycles. The number of benzene rings is 1. The van der Waals surface area contributed by atoms with E-state index in [0.717, 1.165) is 48.9 Å². The van der Waals surface area contributed by atoms with Crippen molar-refractivity contribution in [1.82, 2.24) is 4.90 Å². The molecule has 0 bridgehead atoms. The number of hydrogen-bond donors (Lipinski definition) is 1. The summed E-state index contributed by atoms with van der Waals surface area (Å²) in [5.41, 5.74) is 8.21. The van der Waals surface area contributed by atoms with Gasteiger partial charge < -0.3 is 10.6 Å². The van der Waals surface area contributed by atoms with E-state index in [9.17, 15) is 4.79 Å². The zero-order valence-corrected chi connectivity index (χ0v) is 12.1. The van der Waals surface area contributed by atoms with Crippen molar-refractivity contribution in [2.24, 2.45) is 11.8 Å². The van der Waals surface area contributed by atoms with Gasteiger partial charge in [-0.05, 0) is 55.4 Å². The maximum Gasteiger partial charge on any atom is 0.254 e. The molecule has 1 amide bonds. The first kappa shape index (κ1) is 13.9. The van der Waals surface area contributed by atoms with Crippen LogP contribution in [-0.4, -0.2) is 23.9 Å². The maximum atomic E-state index is 12.5. The van der Waals surface area contributed by atoms with E-state index in [0.29, 0.717) is 5.69 Å². The Hall–Kier alpha value is -1.51. The molecule has 19 heavy (non-hydrogen) atoms. The Bertz CT molecular complexity index is 460. The van der Waals surface area contributed by atoms with E-state index in [2.05, 4.69) is 13.8 Å². The fourth-order valence-corrected chi connectivity index (χ4v) is 2.87. The molecule has 0 unspecified atom stereocenters. The van der Waals surface area contributed by atoms with Crippen molar-refractivity contribution in [1.29, 1.82) is 0 Å². The highest BCUT2D eigenvalue weighted by Gasteiger charge is 2.25. The van der Waals surface area contributed by atoms with Crippen LogP contribution in [0.25, 0.3) is 0 Å². The molecule has 1 aliphatic heterocycles. The summed E-state index contributed by atoms with van der Waals surface area (Å²) >= 11 is 0. The second-order valence-corrected chi connectivity index (χ2v) is 5.95. The van der Waals surface area contributed by atoms with E-state index < -0.39 is 0 Å². The van der Waals surface area contributed by atoms with E-state index in [1.54, 1.807) is 6.07 Å². The summed E-state index contributed by atoms with van der Waals surface area (Å²) < 4.78 is 0. The number of rotatable bonds is 2. The molecule has 2 N–H and O–H groups in total. The molecule has 1 aromatic rings. The number of nitrogens with zero attached hydrogens (tertiary/aromatic N) is 1. The summed E-state index contributed by atoms with van der Waals surface area (Å²) in [5, 5.41) is 0. The Balaban J connectivity index is 2.05. The number of carbonyl (C=O) groups is 1. The first-order valence-corrected chi connectivity index (χ1v) is 7.14. The van der Waals surface area contributed by atoms with Gasteiger partial charge in [0.25, 0.3) is 5.91 Å². The van der Waals surface area contributed by atoms with Crippen LogP contribution >= 0.6 is 0 Å². The minimum atomic E-state index is 0.153. The monoisotopic (exact) mass is 260 g/mol. The molecular weight excluding hydrogens is 236 g/mol. The Labute approximate surface area is 115 Å². The highest BCUT2D eigenvalue weighted by molar-refractivity contribution is 5.96. The highest BCUT2D eigenvalue weighted by Crippen LogP contribution is 2.26. The number of anilines is 1. The number of amides is 1. The molecule has 0 spiro atoms. The summed E-state index contributed by atoms with van der Waals surface area (Å²) in [6, 6.07) is 5.52. The lowest BCUT2D eigenvalue weighted by molar-refractivity contribution is 0.0667. The molecule has 1 heterocycles. The lowest BCUT2D eigenvalue weighted by Gasteiger charge is -2.34. The van der Waals surface area contributed by atoms with Crippen molar-refractivity contribution >= 4 is 11.6 Å². The average Bonchev–Trinajstić information content (AvgIpc) is 2.38. The minimum absolute atomic E-state index is 0.153. The van der Waals surface area contributed by atoms with Gasteiger partial charge in [0, 0.05) is 24.3 Å². The zero-order chi connectivity index (χ0) is 14.0. The van der Waals surface area contributed by atoms with E-state index in [-0.39, 0.29) is 5.91 Å².